The van der Waals surface area contributed by atoms with Gasteiger partial charge in [-0.3, -0.25) is 9.59 Å². The van der Waals surface area contributed by atoms with E-state index in [4.69, 9.17) is 4.74 Å². The van der Waals surface area contributed by atoms with E-state index in [2.05, 4.69) is 31.4 Å². The van der Waals surface area contributed by atoms with Crippen LogP contribution in [0.25, 0.3) is 0 Å². The molecule has 0 aliphatic heterocycles. The van der Waals surface area contributed by atoms with E-state index >= 15 is 0 Å². The second-order valence-corrected chi connectivity index (χ2v) is 8.68. The van der Waals surface area contributed by atoms with Gasteiger partial charge in [0.25, 0.3) is 11.8 Å². The van der Waals surface area contributed by atoms with Crippen LogP contribution in [0.1, 0.15) is 50.0 Å². The average Bonchev–Trinajstić information content (AvgIpc) is 2.78. The number of carbonyl (C=O) groups is 2. The summed E-state index contributed by atoms with van der Waals surface area (Å²) >= 11 is 0. The molecular weight excluding hydrogens is 400 g/mol. The number of hydrogen-bond donors (Lipinski definition) is 2. The van der Waals surface area contributed by atoms with E-state index < -0.39 is 6.10 Å². The summed E-state index contributed by atoms with van der Waals surface area (Å²) in [5, 5.41) is 5.77. The molecule has 0 bridgehead atoms. The third kappa shape index (κ3) is 6.20. The van der Waals surface area contributed by atoms with Gasteiger partial charge in [-0.15, -0.1) is 0 Å². The summed E-state index contributed by atoms with van der Waals surface area (Å²) in [7, 11) is 0. The van der Waals surface area contributed by atoms with Crippen LogP contribution in [0.3, 0.4) is 0 Å². The molecule has 0 spiro atoms. The number of anilines is 2. The fourth-order valence-electron chi connectivity index (χ4n) is 3.21. The molecule has 0 heterocycles. The van der Waals surface area contributed by atoms with Gasteiger partial charge in [0.1, 0.15) is 5.75 Å². The van der Waals surface area contributed by atoms with E-state index in [1.54, 1.807) is 24.3 Å². The van der Waals surface area contributed by atoms with Gasteiger partial charge >= 0.3 is 0 Å². The molecule has 1 unspecified atom stereocenters. The summed E-state index contributed by atoms with van der Waals surface area (Å²) in [5.41, 5.74) is 2.97. The van der Waals surface area contributed by atoms with Gasteiger partial charge in [-0.05, 0) is 59.9 Å². The van der Waals surface area contributed by atoms with Gasteiger partial charge in [-0.25, -0.2) is 0 Å². The molecule has 1 atom stereocenters. The van der Waals surface area contributed by atoms with E-state index in [1.165, 1.54) is 5.56 Å². The third-order valence-corrected chi connectivity index (χ3v) is 5.09. The van der Waals surface area contributed by atoms with Gasteiger partial charge < -0.3 is 15.4 Å². The zero-order valence-corrected chi connectivity index (χ0v) is 19.0. The Labute approximate surface area is 189 Å². The molecule has 0 aliphatic carbocycles. The molecule has 3 rings (SSSR count). The molecule has 0 aromatic heterocycles. The van der Waals surface area contributed by atoms with Crippen LogP contribution in [-0.2, 0) is 10.2 Å². The molecule has 0 fully saturated rings. The van der Waals surface area contributed by atoms with Gasteiger partial charge in [-0.2, -0.15) is 0 Å². The molecular formula is C27H30N2O3. The molecule has 166 valence electrons. The van der Waals surface area contributed by atoms with Gasteiger partial charge in [-0.1, -0.05) is 64.1 Å². The van der Waals surface area contributed by atoms with Crippen molar-refractivity contribution in [2.75, 3.05) is 10.6 Å². The number of ether oxygens (including phenoxy) is 1. The summed E-state index contributed by atoms with van der Waals surface area (Å²) in [4.78, 5) is 25.3. The van der Waals surface area contributed by atoms with Crippen molar-refractivity contribution in [3.63, 3.8) is 0 Å². The summed E-state index contributed by atoms with van der Waals surface area (Å²) in [5.74, 6) is 0.207. The van der Waals surface area contributed by atoms with Crippen molar-refractivity contribution in [2.24, 2.45) is 0 Å². The van der Waals surface area contributed by atoms with Crippen molar-refractivity contribution in [1.82, 2.24) is 0 Å². The maximum Gasteiger partial charge on any atom is 0.265 e. The van der Waals surface area contributed by atoms with Crippen LogP contribution in [-0.4, -0.2) is 17.9 Å². The van der Waals surface area contributed by atoms with Crippen LogP contribution in [0.4, 0.5) is 11.4 Å². The average molecular weight is 431 g/mol. The molecule has 0 aliphatic rings. The zero-order valence-electron chi connectivity index (χ0n) is 19.0. The molecule has 0 saturated heterocycles. The molecule has 5 nitrogen and oxygen atoms in total. The molecule has 5 heteroatoms. The first-order valence-electron chi connectivity index (χ1n) is 10.8. The van der Waals surface area contributed by atoms with Crippen LogP contribution in [0.15, 0.2) is 78.9 Å². The lowest BCUT2D eigenvalue weighted by Gasteiger charge is -2.19. The summed E-state index contributed by atoms with van der Waals surface area (Å²) in [6.45, 7) is 8.30. The lowest BCUT2D eigenvalue weighted by Crippen LogP contribution is -2.32. The molecule has 32 heavy (non-hydrogen) atoms. The Morgan fingerprint density at radius 3 is 2.06 bits per heavy atom. The highest BCUT2D eigenvalue weighted by Crippen LogP contribution is 2.23. The second kappa shape index (κ2) is 10.1. The van der Waals surface area contributed by atoms with Crippen LogP contribution >= 0.6 is 0 Å². The zero-order chi connectivity index (χ0) is 23.1. The Morgan fingerprint density at radius 2 is 1.47 bits per heavy atom. The smallest absolute Gasteiger partial charge is 0.265 e. The van der Waals surface area contributed by atoms with Gasteiger partial charge in [0.2, 0.25) is 0 Å². The first-order chi connectivity index (χ1) is 15.3. The van der Waals surface area contributed by atoms with Crippen molar-refractivity contribution in [3.05, 3.63) is 90.0 Å². The second-order valence-electron chi connectivity index (χ2n) is 8.68. The number of para-hydroxylation sites is 1. The van der Waals surface area contributed by atoms with Gasteiger partial charge in [0.05, 0.1) is 0 Å². The number of hydrogen-bond acceptors (Lipinski definition) is 3. The number of amides is 2. The maximum absolute atomic E-state index is 12.7. The third-order valence-electron chi connectivity index (χ3n) is 5.09. The van der Waals surface area contributed by atoms with E-state index in [1.807, 2.05) is 61.5 Å². The van der Waals surface area contributed by atoms with Crippen LogP contribution in [0.5, 0.6) is 5.75 Å². The van der Waals surface area contributed by atoms with Crippen molar-refractivity contribution in [3.8, 4) is 5.75 Å². The highest BCUT2D eigenvalue weighted by molar-refractivity contribution is 6.04. The standard InChI is InChI=1S/C27H30N2O3/c1-5-24(32-23-12-7-6-8-13-23)26(31)29-22-11-9-10-21(18-22)28-25(30)19-14-16-20(17-15-19)27(2,3)4/h6-18,24H,5H2,1-4H3,(H,28,30)(H,29,31). The van der Waals surface area contributed by atoms with Gasteiger partial charge in [0, 0.05) is 16.9 Å². The molecule has 2 N–H and O–H groups in total. The molecule has 3 aromatic rings. The van der Waals surface area contributed by atoms with E-state index in [-0.39, 0.29) is 17.2 Å². The van der Waals surface area contributed by atoms with Crippen LogP contribution < -0.4 is 15.4 Å². The highest BCUT2D eigenvalue weighted by atomic mass is 16.5. The lowest BCUT2D eigenvalue weighted by atomic mass is 9.87. The van der Waals surface area contributed by atoms with Crippen molar-refractivity contribution in [1.29, 1.82) is 0 Å². The van der Waals surface area contributed by atoms with Crippen molar-refractivity contribution >= 4 is 23.2 Å². The molecule has 0 saturated carbocycles. The van der Waals surface area contributed by atoms with Crippen LogP contribution in [0, 0.1) is 0 Å². The highest BCUT2D eigenvalue weighted by Gasteiger charge is 2.19. The predicted molar refractivity (Wildman–Crippen MR) is 129 cm³/mol. The number of rotatable bonds is 7. The number of nitrogens with one attached hydrogen (secondary N) is 2. The summed E-state index contributed by atoms with van der Waals surface area (Å²) < 4.78 is 5.80. The normalized spacial score (nSPS) is 12.0. The largest absolute Gasteiger partial charge is 0.481 e. The van der Waals surface area contributed by atoms with Gasteiger partial charge in [0.15, 0.2) is 6.10 Å². The molecule has 2 amide bonds. The first-order valence-corrected chi connectivity index (χ1v) is 10.8. The Bertz CT molecular complexity index is 1050. The molecule has 0 radical (unpaired) electrons. The first kappa shape index (κ1) is 23.1. The van der Waals surface area contributed by atoms with E-state index in [9.17, 15) is 9.59 Å². The maximum atomic E-state index is 12.7. The Morgan fingerprint density at radius 1 is 0.844 bits per heavy atom. The topological polar surface area (TPSA) is 67.4 Å². The number of carbonyl (C=O) groups excluding carboxylic acids is 2. The van der Waals surface area contributed by atoms with E-state index in [0.717, 1.165) is 0 Å². The summed E-state index contributed by atoms with van der Waals surface area (Å²) in [6, 6.07) is 23.9. The van der Waals surface area contributed by atoms with Crippen molar-refractivity contribution < 1.29 is 14.3 Å². The van der Waals surface area contributed by atoms with Crippen LogP contribution in [0.2, 0.25) is 0 Å². The fraction of sp³-hybridized carbons (Fsp3) is 0.259. The van der Waals surface area contributed by atoms with E-state index in [0.29, 0.717) is 29.1 Å². The lowest BCUT2D eigenvalue weighted by molar-refractivity contribution is -0.122. The number of benzene rings is 3. The Kier molecular flexibility index (Phi) is 7.31. The monoisotopic (exact) mass is 430 g/mol. The minimum Gasteiger partial charge on any atom is -0.481 e. The summed E-state index contributed by atoms with van der Waals surface area (Å²) in [6.07, 6.45) is -0.0844. The quantitative estimate of drug-likeness (QED) is 0.481. The predicted octanol–water partition coefficient (Wildman–Crippen LogP) is 6.03. The minimum atomic E-state index is -0.614. The molecule has 3 aromatic carbocycles. The minimum absolute atomic E-state index is 0.0299. The SMILES string of the molecule is CCC(Oc1ccccc1)C(=O)Nc1cccc(NC(=O)c2ccc(C(C)(C)C)cc2)c1. The Hall–Kier alpha value is -3.60. The van der Waals surface area contributed by atoms with Crippen molar-refractivity contribution in [2.45, 2.75) is 45.6 Å². The fourth-order valence-corrected chi connectivity index (χ4v) is 3.21. The Balaban J connectivity index is 1.64.